The third kappa shape index (κ3) is 3.44. The van der Waals surface area contributed by atoms with Crippen molar-refractivity contribution in [1.82, 2.24) is 9.38 Å². The third-order valence-electron chi connectivity index (χ3n) is 4.47. The fourth-order valence-corrected chi connectivity index (χ4v) is 2.96. The van der Waals surface area contributed by atoms with Gasteiger partial charge in [-0.15, -0.1) is 0 Å². The van der Waals surface area contributed by atoms with E-state index < -0.39 is 11.7 Å². The molecule has 0 aliphatic heterocycles. The first-order chi connectivity index (χ1) is 13.5. The molecule has 1 N–H and O–H groups in total. The minimum atomic E-state index is -0.576. The molecule has 140 valence electrons. The van der Waals surface area contributed by atoms with E-state index in [1.807, 2.05) is 48.0 Å². The number of amides is 1. The van der Waals surface area contributed by atoms with Gasteiger partial charge in [-0.2, -0.15) is 0 Å². The summed E-state index contributed by atoms with van der Waals surface area (Å²) in [4.78, 5) is 17.0. The number of ether oxygens (including phenoxy) is 1. The Balaban J connectivity index is 1.52. The van der Waals surface area contributed by atoms with Gasteiger partial charge < -0.3 is 14.5 Å². The molecule has 0 aliphatic carbocycles. The van der Waals surface area contributed by atoms with Crippen LogP contribution in [0, 0.1) is 12.7 Å². The zero-order valence-corrected chi connectivity index (χ0v) is 15.4. The number of anilines is 1. The molecule has 0 fully saturated rings. The molecule has 2 heterocycles. The maximum atomic E-state index is 13.8. The predicted octanol–water partition coefficient (Wildman–Crippen LogP) is 4.71. The fourth-order valence-electron chi connectivity index (χ4n) is 2.96. The highest BCUT2D eigenvalue weighted by Crippen LogP contribution is 2.23. The number of nitrogens with zero attached hydrogens (tertiary/aromatic N) is 2. The lowest BCUT2D eigenvalue weighted by Crippen LogP contribution is -2.12. The van der Waals surface area contributed by atoms with E-state index in [0.29, 0.717) is 5.69 Å². The Kier molecular flexibility index (Phi) is 4.53. The molecule has 0 bridgehead atoms. The van der Waals surface area contributed by atoms with Crippen molar-refractivity contribution in [1.29, 1.82) is 0 Å². The number of hydrogen-bond donors (Lipinski definition) is 1. The molecule has 0 radical (unpaired) electrons. The summed E-state index contributed by atoms with van der Waals surface area (Å²) < 4.78 is 20.6. The number of methoxy groups -OCH3 is 1. The second kappa shape index (κ2) is 7.15. The summed E-state index contributed by atoms with van der Waals surface area (Å²) in [6.45, 7) is 2.03. The molecule has 0 saturated carbocycles. The van der Waals surface area contributed by atoms with Crippen LogP contribution >= 0.6 is 0 Å². The third-order valence-corrected chi connectivity index (χ3v) is 4.47. The molecule has 0 saturated heterocycles. The van der Waals surface area contributed by atoms with Crippen molar-refractivity contribution in [3.8, 4) is 17.0 Å². The number of aromatic nitrogens is 2. The van der Waals surface area contributed by atoms with Crippen LogP contribution in [-0.4, -0.2) is 22.4 Å². The minimum absolute atomic E-state index is 0.101. The van der Waals surface area contributed by atoms with E-state index in [0.717, 1.165) is 28.5 Å². The van der Waals surface area contributed by atoms with Gasteiger partial charge in [0.1, 0.15) is 5.65 Å². The van der Waals surface area contributed by atoms with Crippen LogP contribution in [0.15, 0.2) is 67.0 Å². The van der Waals surface area contributed by atoms with Gasteiger partial charge in [-0.25, -0.2) is 9.37 Å². The van der Waals surface area contributed by atoms with Gasteiger partial charge in [0.15, 0.2) is 11.6 Å². The van der Waals surface area contributed by atoms with Crippen LogP contribution in [-0.2, 0) is 0 Å². The van der Waals surface area contributed by atoms with E-state index in [1.165, 1.54) is 19.2 Å². The van der Waals surface area contributed by atoms with E-state index in [2.05, 4.69) is 10.3 Å². The molecule has 28 heavy (non-hydrogen) atoms. The summed E-state index contributed by atoms with van der Waals surface area (Å²) in [7, 11) is 1.38. The van der Waals surface area contributed by atoms with Crippen molar-refractivity contribution in [3.05, 3.63) is 83.9 Å². The normalized spacial score (nSPS) is 10.8. The standard InChI is InChI=1S/C22H18FN3O2/c1-14-9-10-26-13-19(25-21(26)11-14)15-3-6-17(7-4-15)24-22(27)16-5-8-20(28-2)18(23)12-16/h3-13H,1-2H3,(H,24,27). The molecular formula is C22H18FN3O2. The van der Waals surface area contributed by atoms with Gasteiger partial charge in [-0.1, -0.05) is 12.1 Å². The van der Waals surface area contributed by atoms with Gasteiger partial charge >= 0.3 is 0 Å². The van der Waals surface area contributed by atoms with Gasteiger partial charge in [0.25, 0.3) is 5.91 Å². The molecule has 1 amide bonds. The van der Waals surface area contributed by atoms with Crippen LogP contribution in [0.3, 0.4) is 0 Å². The first-order valence-electron chi connectivity index (χ1n) is 8.74. The smallest absolute Gasteiger partial charge is 0.255 e. The van der Waals surface area contributed by atoms with Gasteiger partial charge in [0.2, 0.25) is 0 Å². The molecule has 0 aliphatic rings. The summed E-state index contributed by atoms with van der Waals surface area (Å²) in [5.41, 5.74) is 4.66. The summed E-state index contributed by atoms with van der Waals surface area (Å²) in [6.07, 6.45) is 3.94. The number of aryl methyl sites for hydroxylation is 1. The number of imidazole rings is 1. The van der Waals surface area contributed by atoms with Gasteiger partial charge in [0.05, 0.1) is 12.8 Å². The van der Waals surface area contributed by atoms with Crippen LogP contribution in [0.5, 0.6) is 5.75 Å². The topological polar surface area (TPSA) is 55.6 Å². The SMILES string of the molecule is COc1ccc(C(=O)Nc2ccc(-c3cn4ccc(C)cc4n3)cc2)cc1F. The molecule has 2 aromatic carbocycles. The van der Waals surface area contributed by atoms with Gasteiger partial charge in [-0.05, 0) is 55.0 Å². The Morgan fingerprint density at radius 1 is 1.11 bits per heavy atom. The molecule has 0 spiro atoms. The van der Waals surface area contributed by atoms with Crippen LogP contribution in [0.4, 0.5) is 10.1 Å². The second-order valence-corrected chi connectivity index (χ2v) is 6.48. The van der Waals surface area contributed by atoms with E-state index in [4.69, 9.17) is 4.74 Å². The quantitative estimate of drug-likeness (QED) is 0.562. The van der Waals surface area contributed by atoms with Gasteiger partial charge in [-0.3, -0.25) is 4.79 Å². The Hall–Kier alpha value is -3.67. The number of rotatable bonds is 4. The monoisotopic (exact) mass is 375 g/mol. The Morgan fingerprint density at radius 2 is 1.89 bits per heavy atom. The largest absolute Gasteiger partial charge is 0.494 e. The number of carbonyl (C=O) groups excluding carboxylic acids is 1. The lowest BCUT2D eigenvalue weighted by Gasteiger charge is -2.07. The zero-order chi connectivity index (χ0) is 19.7. The number of hydrogen-bond acceptors (Lipinski definition) is 3. The lowest BCUT2D eigenvalue weighted by molar-refractivity contribution is 0.102. The first kappa shape index (κ1) is 17.7. The predicted molar refractivity (Wildman–Crippen MR) is 106 cm³/mol. The summed E-state index contributed by atoms with van der Waals surface area (Å²) >= 11 is 0. The number of pyridine rings is 1. The average molecular weight is 375 g/mol. The molecule has 5 nitrogen and oxygen atoms in total. The summed E-state index contributed by atoms with van der Waals surface area (Å²) in [5, 5.41) is 2.76. The number of fused-ring (bicyclic) bond motifs is 1. The number of halogens is 1. The van der Waals surface area contributed by atoms with E-state index in [1.54, 1.807) is 12.1 Å². The van der Waals surface area contributed by atoms with Crippen LogP contribution in [0.2, 0.25) is 0 Å². The first-order valence-corrected chi connectivity index (χ1v) is 8.74. The Labute approximate surface area is 161 Å². The van der Waals surface area contributed by atoms with Crippen molar-refractivity contribution in [2.75, 3.05) is 12.4 Å². The Bertz CT molecular complexity index is 1170. The van der Waals surface area contributed by atoms with Crippen molar-refractivity contribution >= 4 is 17.2 Å². The van der Waals surface area contributed by atoms with E-state index >= 15 is 0 Å². The molecule has 0 atom stereocenters. The van der Waals surface area contributed by atoms with Crippen molar-refractivity contribution < 1.29 is 13.9 Å². The fraction of sp³-hybridized carbons (Fsp3) is 0.0909. The number of benzene rings is 2. The molecular weight excluding hydrogens is 357 g/mol. The number of nitrogens with one attached hydrogen (secondary N) is 1. The van der Waals surface area contributed by atoms with Crippen LogP contribution < -0.4 is 10.1 Å². The lowest BCUT2D eigenvalue weighted by atomic mass is 10.1. The Morgan fingerprint density at radius 3 is 2.61 bits per heavy atom. The van der Waals surface area contributed by atoms with E-state index in [-0.39, 0.29) is 11.3 Å². The molecule has 4 rings (SSSR count). The highest BCUT2D eigenvalue weighted by Gasteiger charge is 2.11. The molecule has 6 heteroatoms. The summed E-state index contributed by atoms with van der Waals surface area (Å²) in [5.74, 6) is -0.867. The molecule has 0 unspecified atom stereocenters. The average Bonchev–Trinajstić information content (AvgIpc) is 3.11. The minimum Gasteiger partial charge on any atom is -0.494 e. The van der Waals surface area contributed by atoms with Crippen molar-refractivity contribution in [2.45, 2.75) is 6.92 Å². The zero-order valence-electron chi connectivity index (χ0n) is 15.4. The maximum Gasteiger partial charge on any atom is 0.255 e. The van der Waals surface area contributed by atoms with Crippen molar-refractivity contribution in [3.63, 3.8) is 0 Å². The maximum absolute atomic E-state index is 13.8. The highest BCUT2D eigenvalue weighted by atomic mass is 19.1. The second-order valence-electron chi connectivity index (χ2n) is 6.48. The molecule has 2 aromatic heterocycles. The highest BCUT2D eigenvalue weighted by molar-refractivity contribution is 6.04. The molecule has 4 aromatic rings. The van der Waals surface area contributed by atoms with Crippen LogP contribution in [0.25, 0.3) is 16.9 Å². The summed E-state index contributed by atoms with van der Waals surface area (Å²) in [6, 6.07) is 15.5. The number of carbonyl (C=O) groups is 1. The van der Waals surface area contributed by atoms with Crippen LogP contribution in [0.1, 0.15) is 15.9 Å². The van der Waals surface area contributed by atoms with Crippen molar-refractivity contribution in [2.24, 2.45) is 0 Å². The van der Waals surface area contributed by atoms with Gasteiger partial charge in [0, 0.05) is 29.2 Å². The van der Waals surface area contributed by atoms with E-state index in [9.17, 15) is 9.18 Å².